The van der Waals surface area contributed by atoms with Gasteiger partial charge in [0.05, 0.1) is 5.52 Å². The van der Waals surface area contributed by atoms with Crippen LogP contribution in [-0.2, 0) is 6.42 Å². The maximum Gasteiger partial charge on any atom is 0.151 e. The molecule has 1 unspecified atom stereocenters. The van der Waals surface area contributed by atoms with Gasteiger partial charge in [-0.15, -0.1) is 11.6 Å². The molecule has 1 aliphatic carbocycles. The summed E-state index contributed by atoms with van der Waals surface area (Å²) in [6.07, 6.45) is 5.51. The lowest BCUT2D eigenvalue weighted by molar-refractivity contribution is 0.145. The van der Waals surface area contributed by atoms with E-state index in [1.54, 1.807) is 6.07 Å². The van der Waals surface area contributed by atoms with Crippen molar-refractivity contribution in [3.8, 4) is 0 Å². The first-order valence-electron chi connectivity index (χ1n) is 7.76. The average molecular weight is 309 g/mol. The fourth-order valence-electron chi connectivity index (χ4n) is 3.69. The Bertz CT molecular complexity index is 648. The van der Waals surface area contributed by atoms with Crippen LogP contribution >= 0.6 is 11.6 Å². The van der Waals surface area contributed by atoms with Gasteiger partial charge in [0, 0.05) is 18.3 Å². The molecule has 0 bridgehead atoms. The van der Waals surface area contributed by atoms with E-state index in [0.717, 1.165) is 17.8 Å². The molecule has 1 saturated carbocycles. The second kappa shape index (κ2) is 5.60. The molecule has 1 aromatic heterocycles. The van der Waals surface area contributed by atoms with E-state index in [-0.39, 0.29) is 11.2 Å². The molecule has 3 rings (SSSR count). The predicted molar refractivity (Wildman–Crippen MR) is 85.4 cm³/mol. The number of imidazole rings is 1. The molecule has 21 heavy (non-hydrogen) atoms. The number of aromatic nitrogens is 2. The zero-order chi connectivity index (χ0) is 15.0. The molecule has 1 atom stereocenters. The van der Waals surface area contributed by atoms with Crippen LogP contribution in [0.1, 0.15) is 51.4 Å². The summed E-state index contributed by atoms with van der Waals surface area (Å²) in [7, 11) is 0. The normalized spacial score (nSPS) is 21.8. The fraction of sp³-hybridized carbons (Fsp3) is 0.588. The minimum Gasteiger partial charge on any atom is -0.324 e. The molecule has 2 nitrogen and oxygen atoms in total. The van der Waals surface area contributed by atoms with Crippen molar-refractivity contribution in [1.29, 1.82) is 0 Å². The van der Waals surface area contributed by atoms with Gasteiger partial charge in [-0.05, 0) is 30.4 Å². The number of halogens is 2. The summed E-state index contributed by atoms with van der Waals surface area (Å²) in [5.41, 5.74) is 1.60. The highest BCUT2D eigenvalue weighted by Crippen LogP contribution is 2.45. The van der Waals surface area contributed by atoms with Crippen molar-refractivity contribution in [2.75, 3.05) is 5.88 Å². The first kappa shape index (κ1) is 14.8. The van der Waals surface area contributed by atoms with Gasteiger partial charge >= 0.3 is 0 Å². The third kappa shape index (κ3) is 2.57. The van der Waals surface area contributed by atoms with Crippen molar-refractivity contribution in [2.45, 2.75) is 52.0 Å². The van der Waals surface area contributed by atoms with Gasteiger partial charge in [0.2, 0.25) is 0 Å². The largest absolute Gasteiger partial charge is 0.324 e. The number of para-hydroxylation sites is 1. The van der Waals surface area contributed by atoms with Crippen LogP contribution in [0.25, 0.3) is 11.0 Å². The molecule has 1 aromatic carbocycles. The molecule has 1 heterocycles. The summed E-state index contributed by atoms with van der Waals surface area (Å²) < 4.78 is 16.3. The van der Waals surface area contributed by atoms with Gasteiger partial charge in [-0.1, -0.05) is 32.8 Å². The molecule has 0 radical (unpaired) electrons. The Kier molecular flexibility index (Phi) is 3.96. The minimum absolute atomic E-state index is 0.208. The second-order valence-electron chi connectivity index (χ2n) is 6.69. The molecule has 0 N–H and O–H groups in total. The van der Waals surface area contributed by atoms with E-state index >= 15 is 0 Å². The van der Waals surface area contributed by atoms with Crippen molar-refractivity contribution in [1.82, 2.24) is 9.55 Å². The van der Waals surface area contributed by atoms with Gasteiger partial charge in [0.15, 0.2) is 5.82 Å². The van der Waals surface area contributed by atoms with E-state index in [2.05, 4.69) is 23.4 Å². The number of nitrogens with zero attached hydrogens (tertiary/aromatic N) is 2. The Morgan fingerprint density at radius 3 is 2.90 bits per heavy atom. The Morgan fingerprint density at radius 1 is 1.38 bits per heavy atom. The van der Waals surface area contributed by atoms with Crippen LogP contribution in [-0.4, -0.2) is 15.4 Å². The highest BCUT2D eigenvalue weighted by Gasteiger charge is 2.35. The number of aryl methyl sites for hydroxylation is 1. The molecular weight excluding hydrogens is 287 g/mol. The summed E-state index contributed by atoms with van der Waals surface area (Å²) in [4.78, 5) is 4.55. The molecule has 1 aliphatic rings. The monoisotopic (exact) mass is 308 g/mol. The molecule has 4 heteroatoms. The summed E-state index contributed by atoms with van der Waals surface area (Å²) in [6, 6.07) is 5.61. The summed E-state index contributed by atoms with van der Waals surface area (Å²) in [6.45, 7) is 4.62. The summed E-state index contributed by atoms with van der Waals surface area (Å²) >= 11 is 5.94. The number of hydrogen-bond donors (Lipinski definition) is 0. The van der Waals surface area contributed by atoms with Gasteiger partial charge in [-0.3, -0.25) is 0 Å². The average Bonchev–Trinajstić information content (AvgIpc) is 2.79. The van der Waals surface area contributed by atoms with Crippen molar-refractivity contribution in [2.24, 2.45) is 5.41 Å². The van der Waals surface area contributed by atoms with Crippen LogP contribution in [0.5, 0.6) is 0 Å². The Balaban J connectivity index is 2.19. The van der Waals surface area contributed by atoms with Gasteiger partial charge in [-0.2, -0.15) is 0 Å². The van der Waals surface area contributed by atoms with Crippen LogP contribution in [0.4, 0.5) is 4.39 Å². The molecule has 0 aliphatic heterocycles. The molecule has 0 saturated heterocycles. The number of hydrogen-bond acceptors (Lipinski definition) is 1. The van der Waals surface area contributed by atoms with Gasteiger partial charge in [0.1, 0.15) is 11.3 Å². The quantitative estimate of drug-likeness (QED) is 0.721. The first-order chi connectivity index (χ1) is 10.0. The van der Waals surface area contributed by atoms with Crippen molar-refractivity contribution < 1.29 is 4.39 Å². The van der Waals surface area contributed by atoms with Crippen LogP contribution in [0, 0.1) is 11.2 Å². The van der Waals surface area contributed by atoms with E-state index in [0.29, 0.717) is 23.9 Å². The van der Waals surface area contributed by atoms with E-state index in [9.17, 15) is 4.39 Å². The Morgan fingerprint density at radius 2 is 2.19 bits per heavy atom. The smallest absolute Gasteiger partial charge is 0.151 e. The number of rotatable bonds is 3. The molecule has 114 valence electrons. The van der Waals surface area contributed by atoms with Crippen molar-refractivity contribution >= 4 is 22.6 Å². The Labute approximate surface area is 130 Å². The van der Waals surface area contributed by atoms with Crippen LogP contribution in [0.2, 0.25) is 0 Å². The van der Waals surface area contributed by atoms with Crippen LogP contribution in [0.15, 0.2) is 18.2 Å². The van der Waals surface area contributed by atoms with Crippen LogP contribution < -0.4 is 0 Å². The molecule has 1 fully saturated rings. The second-order valence-corrected chi connectivity index (χ2v) is 7.07. The van der Waals surface area contributed by atoms with E-state index in [1.807, 2.05) is 6.07 Å². The fourth-order valence-corrected chi connectivity index (χ4v) is 3.86. The summed E-state index contributed by atoms with van der Waals surface area (Å²) in [5, 5.41) is 0. The summed E-state index contributed by atoms with van der Waals surface area (Å²) in [5.74, 6) is 1.19. The molecule has 2 aromatic rings. The SMILES string of the molecule is CC1(C)CCCCC1n1c(CCCl)nc2c(F)cccc21. The van der Waals surface area contributed by atoms with E-state index < -0.39 is 0 Å². The van der Waals surface area contributed by atoms with Gasteiger partial charge in [0.25, 0.3) is 0 Å². The maximum atomic E-state index is 14.1. The predicted octanol–water partition coefficient (Wildman–Crippen LogP) is 5.10. The third-order valence-corrected chi connectivity index (χ3v) is 5.01. The van der Waals surface area contributed by atoms with Crippen molar-refractivity contribution in [3.63, 3.8) is 0 Å². The maximum absolute atomic E-state index is 14.1. The number of fused-ring (bicyclic) bond motifs is 1. The van der Waals surface area contributed by atoms with Gasteiger partial charge < -0.3 is 4.57 Å². The number of benzene rings is 1. The highest BCUT2D eigenvalue weighted by molar-refractivity contribution is 6.17. The molecule has 0 amide bonds. The highest BCUT2D eigenvalue weighted by atomic mass is 35.5. The zero-order valence-corrected chi connectivity index (χ0v) is 13.5. The third-order valence-electron chi connectivity index (χ3n) is 4.82. The minimum atomic E-state index is -0.240. The Hall–Kier alpha value is -1.09. The lowest BCUT2D eigenvalue weighted by Gasteiger charge is -2.40. The van der Waals surface area contributed by atoms with E-state index in [1.165, 1.54) is 25.3 Å². The molecular formula is C17H22ClFN2. The number of alkyl halides is 1. The van der Waals surface area contributed by atoms with Crippen LogP contribution in [0.3, 0.4) is 0 Å². The topological polar surface area (TPSA) is 17.8 Å². The first-order valence-corrected chi connectivity index (χ1v) is 8.29. The zero-order valence-electron chi connectivity index (χ0n) is 12.7. The van der Waals surface area contributed by atoms with Crippen molar-refractivity contribution in [3.05, 3.63) is 29.8 Å². The molecule has 0 spiro atoms. The van der Waals surface area contributed by atoms with Gasteiger partial charge in [-0.25, -0.2) is 9.37 Å². The lowest BCUT2D eigenvalue weighted by Crippen LogP contribution is -2.31. The standard InChI is InChI=1S/C17H22ClFN2/c1-17(2)10-4-3-8-14(17)21-13-7-5-6-12(19)16(13)20-15(21)9-11-18/h5-7,14H,3-4,8-11H2,1-2H3. The van der Waals surface area contributed by atoms with E-state index in [4.69, 9.17) is 11.6 Å². The lowest BCUT2D eigenvalue weighted by atomic mass is 9.73.